The quantitative estimate of drug-likeness (QED) is 0.770. The lowest BCUT2D eigenvalue weighted by Gasteiger charge is -2.24. The normalized spacial score (nSPS) is 12.7. The summed E-state index contributed by atoms with van der Waals surface area (Å²) in [6, 6.07) is 12.4. The predicted octanol–water partition coefficient (Wildman–Crippen LogP) is 5.01. The molecule has 6 heteroatoms. The Hall–Kier alpha value is -2.50. The second kappa shape index (κ2) is 8.25. The van der Waals surface area contributed by atoms with Crippen molar-refractivity contribution < 1.29 is 18.0 Å². The average molecular weight is 364 g/mol. The van der Waals surface area contributed by atoms with Crippen LogP contribution in [0, 0.1) is 6.92 Å². The van der Waals surface area contributed by atoms with Crippen molar-refractivity contribution in [2.75, 3.05) is 0 Å². The fourth-order valence-electron chi connectivity index (χ4n) is 2.89. The van der Waals surface area contributed by atoms with E-state index in [0.717, 1.165) is 11.6 Å². The fraction of sp³-hybridized carbons (Fsp3) is 0.350. The van der Waals surface area contributed by atoms with Gasteiger partial charge in [-0.3, -0.25) is 0 Å². The van der Waals surface area contributed by atoms with Crippen molar-refractivity contribution in [3.8, 4) is 0 Å². The molecule has 2 aromatic carbocycles. The molecule has 0 aromatic heterocycles. The Balaban J connectivity index is 2.38. The van der Waals surface area contributed by atoms with Crippen LogP contribution >= 0.6 is 0 Å². The Morgan fingerprint density at radius 2 is 1.65 bits per heavy atom. The van der Waals surface area contributed by atoms with E-state index in [-0.39, 0.29) is 11.6 Å². The maximum Gasteiger partial charge on any atom is 0.416 e. The number of hydrogen-bond acceptors (Lipinski definition) is 1. The summed E-state index contributed by atoms with van der Waals surface area (Å²) >= 11 is 0. The summed E-state index contributed by atoms with van der Waals surface area (Å²) in [6.07, 6.45) is -4.04. The number of rotatable bonds is 5. The van der Waals surface area contributed by atoms with Crippen molar-refractivity contribution in [3.63, 3.8) is 0 Å². The summed E-state index contributed by atoms with van der Waals surface area (Å²) in [4.78, 5) is 12.2. The number of hydrogen-bond donors (Lipinski definition) is 2. The van der Waals surface area contributed by atoms with Crippen LogP contribution in [0.15, 0.2) is 48.5 Å². The molecule has 140 valence electrons. The molecule has 0 aliphatic carbocycles. The largest absolute Gasteiger partial charge is 0.416 e. The monoisotopic (exact) mass is 364 g/mol. The predicted molar refractivity (Wildman–Crippen MR) is 95.9 cm³/mol. The van der Waals surface area contributed by atoms with Gasteiger partial charge in [-0.25, -0.2) is 4.79 Å². The van der Waals surface area contributed by atoms with Gasteiger partial charge in [0.25, 0.3) is 0 Å². The van der Waals surface area contributed by atoms with Gasteiger partial charge in [-0.2, -0.15) is 13.2 Å². The zero-order valence-electron chi connectivity index (χ0n) is 15.0. The molecule has 0 fully saturated rings. The average Bonchev–Trinajstić information content (AvgIpc) is 2.53. The molecule has 26 heavy (non-hydrogen) atoms. The van der Waals surface area contributed by atoms with Crippen LogP contribution in [-0.4, -0.2) is 12.1 Å². The molecule has 0 heterocycles. The first-order valence-electron chi connectivity index (χ1n) is 8.46. The molecule has 0 bridgehead atoms. The number of urea groups is 1. The minimum atomic E-state index is -4.43. The fourth-order valence-corrected chi connectivity index (χ4v) is 2.89. The summed E-state index contributed by atoms with van der Waals surface area (Å²) in [7, 11) is 0. The number of amides is 2. The molecule has 2 rings (SSSR count). The van der Waals surface area contributed by atoms with Crippen molar-refractivity contribution in [1.29, 1.82) is 0 Å². The standard InChI is InChI=1S/C20H23F3N2O/c1-13(2)24-19(26)25-18(12-15-8-5-4-6-9-15)16-10-7-11-17(14(16)3)20(21,22)23/h4-11,13,18H,12H2,1-3H3,(H2,24,25,26)/t18-/m0/s1. The highest BCUT2D eigenvalue weighted by molar-refractivity contribution is 5.74. The lowest BCUT2D eigenvalue weighted by molar-refractivity contribution is -0.138. The van der Waals surface area contributed by atoms with Crippen molar-refractivity contribution in [1.82, 2.24) is 10.6 Å². The molecule has 2 aromatic rings. The molecule has 0 unspecified atom stereocenters. The minimum absolute atomic E-state index is 0.0741. The van der Waals surface area contributed by atoms with E-state index in [1.54, 1.807) is 6.07 Å². The maximum absolute atomic E-state index is 13.3. The van der Waals surface area contributed by atoms with Crippen molar-refractivity contribution in [3.05, 3.63) is 70.8 Å². The smallest absolute Gasteiger partial charge is 0.336 e. The van der Waals surface area contributed by atoms with Crippen LogP contribution in [-0.2, 0) is 12.6 Å². The van der Waals surface area contributed by atoms with E-state index in [1.807, 2.05) is 44.2 Å². The third-order valence-corrected chi connectivity index (χ3v) is 4.06. The van der Waals surface area contributed by atoms with E-state index in [9.17, 15) is 18.0 Å². The zero-order valence-corrected chi connectivity index (χ0v) is 15.0. The molecular weight excluding hydrogens is 341 g/mol. The Morgan fingerprint density at radius 1 is 1.00 bits per heavy atom. The lowest BCUT2D eigenvalue weighted by Crippen LogP contribution is -2.42. The Labute approximate surface area is 151 Å². The number of carbonyl (C=O) groups excluding carboxylic acids is 1. The number of nitrogens with one attached hydrogen (secondary N) is 2. The molecule has 3 nitrogen and oxygen atoms in total. The first kappa shape index (κ1) is 19.8. The van der Waals surface area contributed by atoms with Gasteiger partial charge in [-0.05, 0) is 49.9 Å². The van der Waals surface area contributed by atoms with E-state index in [2.05, 4.69) is 10.6 Å². The van der Waals surface area contributed by atoms with Gasteiger partial charge in [0, 0.05) is 6.04 Å². The van der Waals surface area contributed by atoms with Gasteiger partial charge >= 0.3 is 12.2 Å². The Morgan fingerprint density at radius 3 is 2.23 bits per heavy atom. The highest BCUT2D eigenvalue weighted by Crippen LogP contribution is 2.35. The third-order valence-electron chi connectivity index (χ3n) is 4.06. The van der Waals surface area contributed by atoms with Gasteiger partial charge < -0.3 is 10.6 Å². The highest BCUT2D eigenvalue weighted by atomic mass is 19.4. The number of alkyl halides is 3. The van der Waals surface area contributed by atoms with E-state index < -0.39 is 23.8 Å². The minimum Gasteiger partial charge on any atom is -0.336 e. The summed E-state index contributed by atoms with van der Waals surface area (Å²) < 4.78 is 39.8. The molecular formula is C20H23F3N2O. The van der Waals surface area contributed by atoms with Crippen LogP contribution in [0.3, 0.4) is 0 Å². The molecule has 0 aliphatic heterocycles. The maximum atomic E-state index is 13.3. The van der Waals surface area contributed by atoms with Gasteiger partial charge in [0.05, 0.1) is 11.6 Å². The first-order valence-corrected chi connectivity index (χ1v) is 8.46. The third kappa shape index (κ3) is 5.25. The Kier molecular flexibility index (Phi) is 6.29. The van der Waals surface area contributed by atoms with E-state index in [1.165, 1.54) is 13.0 Å². The van der Waals surface area contributed by atoms with E-state index in [4.69, 9.17) is 0 Å². The lowest BCUT2D eigenvalue weighted by atomic mass is 9.92. The molecule has 0 aliphatic rings. The number of benzene rings is 2. The van der Waals surface area contributed by atoms with Gasteiger partial charge in [0.2, 0.25) is 0 Å². The van der Waals surface area contributed by atoms with Crippen LogP contribution in [0.2, 0.25) is 0 Å². The second-order valence-electron chi connectivity index (χ2n) is 6.53. The SMILES string of the molecule is Cc1c([C@H](Cc2ccccc2)NC(=O)NC(C)C)cccc1C(F)(F)F. The molecule has 2 N–H and O–H groups in total. The van der Waals surface area contributed by atoms with Crippen LogP contribution < -0.4 is 10.6 Å². The van der Waals surface area contributed by atoms with Crippen LogP contribution in [0.1, 0.15) is 42.1 Å². The molecule has 1 atom stereocenters. The van der Waals surface area contributed by atoms with Gasteiger partial charge in [0.15, 0.2) is 0 Å². The first-order chi connectivity index (χ1) is 12.2. The molecule has 0 saturated heterocycles. The number of halogens is 3. The van der Waals surface area contributed by atoms with Gasteiger partial charge in [-0.15, -0.1) is 0 Å². The van der Waals surface area contributed by atoms with Crippen molar-refractivity contribution in [2.24, 2.45) is 0 Å². The van der Waals surface area contributed by atoms with Crippen molar-refractivity contribution >= 4 is 6.03 Å². The van der Waals surface area contributed by atoms with E-state index >= 15 is 0 Å². The van der Waals surface area contributed by atoms with Crippen LogP contribution in [0.4, 0.5) is 18.0 Å². The van der Waals surface area contributed by atoms with Crippen LogP contribution in [0.5, 0.6) is 0 Å². The Bertz CT molecular complexity index is 742. The summed E-state index contributed by atoms with van der Waals surface area (Å²) in [6.45, 7) is 5.08. The van der Waals surface area contributed by atoms with E-state index in [0.29, 0.717) is 12.0 Å². The second-order valence-corrected chi connectivity index (χ2v) is 6.53. The van der Waals surface area contributed by atoms with Gasteiger partial charge in [-0.1, -0.05) is 42.5 Å². The topological polar surface area (TPSA) is 41.1 Å². The number of carbonyl (C=O) groups is 1. The zero-order chi connectivity index (χ0) is 19.3. The van der Waals surface area contributed by atoms with Crippen molar-refractivity contribution in [2.45, 2.75) is 45.5 Å². The molecule has 2 amide bonds. The molecule has 0 saturated carbocycles. The molecule has 0 radical (unpaired) electrons. The summed E-state index contributed by atoms with van der Waals surface area (Å²) in [5, 5.41) is 5.54. The highest BCUT2D eigenvalue weighted by Gasteiger charge is 2.33. The summed E-state index contributed by atoms with van der Waals surface area (Å²) in [5.41, 5.74) is 0.839. The van der Waals surface area contributed by atoms with Gasteiger partial charge in [0.1, 0.15) is 0 Å². The van der Waals surface area contributed by atoms with Crippen LogP contribution in [0.25, 0.3) is 0 Å². The summed E-state index contributed by atoms with van der Waals surface area (Å²) in [5.74, 6) is 0. The molecule has 0 spiro atoms.